The van der Waals surface area contributed by atoms with Crippen molar-refractivity contribution < 1.29 is 19.0 Å². The van der Waals surface area contributed by atoms with Crippen molar-refractivity contribution in [3.63, 3.8) is 0 Å². The summed E-state index contributed by atoms with van der Waals surface area (Å²) in [6, 6.07) is 5.67. The highest BCUT2D eigenvalue weighted by Crippen LogP contribution is 2.28. The lowest BCUT2D eigenvalue weighted by Crippen LogP contribution is -2.47. The predicted molar refractivity (Wildman–Crippen MR) is 106 cm³/mol. The summed E-state index contributed by atoms with van der Waals surface area (Å²) in [5.74, 6) is 1.26. The molecular weight excluding hydrogens is 381 g/mol. The van der Waals surface area contributed by atoms with E-state index in [4.69, 9.17) is 14.2 Å². The molecule has 1 heterocycles. The molecule has 0 aliphatic carbocycles. The largest absolute Gasteiger partial charge is 0.493 e. The molecule has 0 saturated carbocycles. The molecule has 26 heavy (non-hydrogen) atoms. The molecular formula is C17H29Cl2N3O4. The van der Waals surface area contributed by atoms with Crippen molar-refractivity contribution >= 4 is 30.7 Å². The zero-order valence-corrected chi connectivity index (χ0v) is 17.1. The number of ether oxygens (including phenoxy) is 3. The number of halogens is 2. The summed E-state index contributed by atoms with van der Waals surface area (Å²) in [5, 5.41) is 6.03. The van der Waals surface area contributed by atoms with Crippen LogP contribution < -0.4 is 20.1 Å². The Labute approximate surface area is 167 Å². The molecule has 1 amide bonds. The SMILES string of the molecule is COc1cc(CNC(=O)C2CNCCO2)ccc1OCCN(C)C.Cl.Cl. The molecule has 150 valence electrons. The van der Waals surface area contributed by atoms with Crippen molar-refractivity contribution in [2.45, 2.75) is 12.6 Å². The summed E-state index contributed by atoms with van der Waals surface area (Å²) >= 11 is 0. The van der Waals surface area contributed by atoms with Crippen LogP contribution in [0.4, 0.5) is 0 Å². The van der Waals surface area contributed by atoms with Crippen LogP contribution in [0.3, 0.4) is 0 Å². The van der Waals surface area contributed by atoms with Gasteiger partial charge in [-0.1, -0.05) is 6.07 Å². The monoisotopic (exact) mass is 409 g/mol. The second kappa shape index (κ2) is 13.0. The quantitative estimate of drug-likeness (QED) is 0.669. The normalized spacial score (nSPS) is 16.2. The highest BCUT2D eigenvalue weighted by molar-refractivity contribution is 5.85. The first-order chi connectivity index (χ1) is 11.6. The number of amides is 1. The van der Waals surface area contributed by atoms with Crippen molar-refractivity contribution in [3.05, 3.63) is 23.8 Å². The fourth-order valence-electron chi connectivity index (χ4n) is 2.32. The summed E-state index contributed by atoms with van der Waals surface area (Å²) in [6.45, 7) is 3.74. The summed E-state index contributed by atoms with van der Waals surface area (Å²) in [6.07, 6.45) is -0.422. The molecule has 0 spiro atoms. The van der Waals surface area contributed by atoms with Gasteiger partial charge in [-0.05, 0) is 31.8 Å². The lowest BCUT2D eigenvalue weighted by Gasteiger charge is -2.22. The molecule has 7 nitrogen and oxygen atoms in total. The van der Waals surface area contributed by atoms with Gasteiger partial charge in [0.2, 0.25) is 0 Å². The van der Waals surface area contributed by atoms with E-state index in [2.05, 4.69) is 15.5 Å². The molecule has 0 aromatic heterocycles. The number of carbonyl (C=O) groups excluding carboxylic acids is 1. The number of rotatable bonds is 8. The van der Waals surface area contributed by atoms with Gasteiger partial charge in [0.05, 0.1) is 13.7 Å². The molecule has 0 bridgehead atoms. The summed E-state index contributed by atoms with van der Waals surface area (Å²) < 4.78 is 16.5. The van der Waals surface area contributed by atoms with Gasteiger partial charge in [0, 0.05) is 26.2 Å². The zero-order valence-electron chi connectivity index (χ0n) is 15.4. The number of methoxy groups -OCH3 is 1. The molecule has 1 aromatic carbocycles. The van der Waals surface area contributed by atoms with E-state index < -0.39 is 6.10 Å². The van der Waals surface area contributed by atoms with Gasteiger partial charge >= 0.3 is 0 Å². The lowest BCUT2D eigenvalue weighted by atomic mass is 10.2. The minimum atomic E-state index is -0.422. The summed E-state index contributed by atoms with van der Waals surface area (Å²) in [5.41, 5.74) is 0.948. The number of morpholine rings is 1. The summed E-state index contributed by atoms with van der Waals surface area (Å²) in [4.78, 5) is 14.1. The third-order valence-electron chi connectivity index (χ3n) is 3.71. The molecule has 1 aliphatic rings. The lowest BCUT2D eigenvalue weighted by molar-refractivity contribution is -0.134. The highest BCUT2D eigenvalue weighted by atomic mass is 35.5. The fourth-order valence-corrected chi connectivity index (χ4v) is 2.32. The Kier molecular flexibility index (Phi) is 12.4. The van der Waals surface area contributed by atoms with Gasteiger partial charge in [-0.2, -0.15) is 0 Å². The first-order valence-electron chi connectivity index (χ1n) is 8.14. The van der Waals surface area contributed by atoms with E-state index in [0.717, 1.165) is 18.7 Å². The third kappa shape index (κ3) is 7.97. The topological polar surface area (TPSA) is 72.1 Å². The highest BCUT2D eigenvalue weighted by Gasteiger charge is 2.21. The van der Waals surface area contributed by atoms with Gasteiger partial charge in [-0.25, -0.2) is 0 Å². The number of nitrogens with zero attached hydrogens (tertiary/aromatic N) is 1. The zero-order chi connectivity index (χ0) is 17.4. The fraction of sp³-hybridized carbons (Fsp3) is 0.588. The first-order valence-corrected chi connectivity index (χ1v) is 8.14. The molecule has 1 aromatic rings. The Morgan fingerprint density at radius 3 is 2.73 bits per heavy atom. The molecule has 1 unspecified atom stereocenters. The average molecular weight is 410 g/mol. The molecule has 1 fully saturated rings. The van der Waals surface area contributed by atoms with Crippen LogP contribution >= 0.6 is 24.8 Å². The molecule has 1 saturated heterocycles. The van der Waals surface area contributed by atoms with Crippen LogP contribution in [0.1, 0.15) is 5.56 Å². The van der Waals surface area contributed by atoms with E-state index >= 15 is 0 Å². The number of hydrogen-bond donors (Lipinski definition) is 2. The number of benzene rings is 1. The Morgan fingerprint density at radius 2 is 2.12 bits per heavy atom. The molecule has 1 atom stereocenters. The maximum atomic E-state index is 12.1. The van der Waals surface area contributed by atoms with Crippen molar-refractivity contribution in [1.29, 1.82) is 0 Å². The van der Waals surface area contributed by atoms with E-state index in [1.807, 2.05) is 32.3 Å². The smallest absolute Gasteiger partial charge is 0.250 e. The van der Waals surface area contributed by atoms with E-state index in [-0.39, 0.29) is 30.7 Å². The van der Waals surface area contributed by atoms with Crippen molar-refractivity contribution in [2.24, 2.45) is 0 Å². The van der Waals surface area contributed by atoms with Crippen LogP contribution in [0, 0.1) is 0 Å². The Bertz CT molecular complexity index is 541. The molecule has 1 aliphatic heterocycles. The second-order valence-electron chi connectivity index (χ2n) is 5.92. The van der Waals surface area contributed by atoms with Gasteiger partial charge in [-0.3, -0.25) is 4.79 Å². The minimum Gasteiger partial charge on any atom is -0.493 e. The number of nitrogens with one attached hydrogen (secondary N) is 2. The van der Waals surface area contributed by atoms with Gasteiger partial charge in [0.1, 0.15) is 12.7 Å². The van der Waals surface area contributed by atoms with Crippen LogP contribution in [0.5, 0.6) is 11.5 Å². The number of carbonyl (C=O) groups is 1. The molecule has 0 radical (unpaired) electrons. The average Bonchev–Trinajstić information content (AvgIpc) is 2.60. The predicted octanol–water partition coefficient (Wildman–Crippen LogP) is 1.08. The summed E-state index contributed by atoms with van der Waals surface area (Å²) in [7, 11) is 5.61. The van der Waals surface area contributed by atoms with Crippen LogP contribution in [0.2, 0.25) is 0 Å². The van der Waals surface area contributed by atoms with E-state index in [0.29, 0.717) is 37.8 Å². The molecule has 2 rings (SSSR count). The number of hydrogen-bond acceptors (Lipinski definition) is 6. The maximum absolute atomic E-state index is 12.1. The van der Waals surface area contributed by atoms with E-state index in [1.165, 1.54) is 0 Å². The van der Waals surface area contributed by atoms with Gasteiger partial charge in [-0.15, -0.1) is 24.8 Å². The molecule has 9 heteroatoms. The Hall–Kier alpha value is -1.25. The van der Waals surface area contributed by atoms with Crippen LogP contribution in [0.25, 0.3) is 0 Å². The van der Waals surface area contributed by atoms with Crippen LogP contribution in [-0.4, -0.2) is 71.0 Å². The number of likely N-dealkylation sites (N-methyl/N-ethyl adjacent to an activating group) is 1. The Morgan fingerprint density at radius 1 is 1.35 bits per heavy atom. The van der Waals surface area contributed by atoms with Crippen LogP contribution in [-0.2, 0) is 16.1 Å². The third-order valence-corrected chi connectivity index (χ3v) is 3.71. The Balaban J connectivity index is 0.00000312. The van der Waals surface area contributed by atoms with Gasteiger partial charge in [0.15, 0.2) is 11.5 Å². The van der Waals surface area contributed by atoms with Crippen molar-refractivity contribution in [3.8, 4) is 11.5 Å². The molecule has 2 N–H and O–H groups in total. The first kappa shape index (κ1) is 24.8. The van der Waals surface area contributed by atoms with Gasteiger partial charge in [0.25, 0.3) is 5.91 Å². The van der Waals surface area contributed by atoms with Gasteiger partial charge < -0.3 is 29.7 Å². The van der Waals surface area contributed by atoms with Crippen LogP contribution in [0.15, 0.2) is 18.2 Å². The van der Waals surface area contributed by atoms with Crippen molar-refractivity contribution in [2.75, 3.05) is 54.1 Å². The van der Waals surface area contributed by atoms with E-state index in [1.54, 1.807) is 7.11 Å². The van der Waals surface area contributed by atoms with Crippen molar-refractivity contribution in [1.82, 2.24) is 15.5 Å². The minimum absolute atomic E-state index is 0. The second-order valence-corrected chi connectivity index (χ2v) is 5.92. The standard InChI is InChI=1S/C17H27N3O4.2ClH/c1-20(2)7-9-24-14-5-4-13(10-15(14)22-3)11-19-17(21)16-12-18-6-8-23-16;;/h4-5,10,16,18H,6-9,11-12H2,1-3H3,(H,19,21);2*1H. The maximum Gasteiger partial charge on any atom is 0.250 e. The van der Waals surface area contributed by atoms with E-state index in [9.17, 15) is 4.79 Å².